The smallest absolute Gasteiger partial charge is 0.251 e. The van der Waals surface area contributed by atoms with Crippen LogP contribution in [0.2, 0.25) is 0 Å². The Kier molecular flexibility index (Phi) is 5.65. The molecule has 3 aromatic rings. The highest BCUT2D eigenvalue weighted by Crippen LogP contribution is 2.23. The molecule has 0 radical (unpaired) electrons. The Balaban J connectivity index is 1.79. The number of Topliss-reactive ketones (excluding diaryl/α,β-unsaturated/α-hetero) is 1. The zero-order chi connectivity index (χ0) is 19.4. The van der Waals surface area contributed by atoms with E-state index in [9.17, 15) is 9.59 Å². The van der Waals surface area contributed by atoms with E-state index in [0.29, 0.717) is 18.2 Å². The third kappa shape index (κ3) is 4.59. The lowest BCUT2D eigenvalue weighted by molar-refractivity contribution is 0.0970. The van der Waals surface area contributed by atoms with Gasteiger partial charge < -0.3 is 4.98 Å². The average molecular weight is 360 g/mol. The molecule has 0 aliphatic rings. The van der Waals surface area contributed by atoms with Gasteiger partial charge in [-0.2, -0.15) is 0 Å². The van der Waals surface area contributed by atoms with Crippen LogP contribution in [-0.4, -0.2) is 15.8 Å². The van der Waals surface area contributed by atoms with Crippen molar-refractivity contribution in [3.63, 3.8) is 0 Å². The zero-order valence-corrected chi connectivity index (χ0v) is 15.9. The Labute approximate surface area is 159 Å². The topological polar surface area (TPSA) is 62.8 Å². The summed E-state index contributed by atoms with van der Waals surface area (Å²) in [4.78, 5) is 31.8. The summed E-state index contributed by atoms with van der Waals surface area (Å²) in [7, 11) is 0. The van der Waals surface area contributed by atoms with Gasteiger partial charge in [-0.15, -0.1) is 0 Å². The fourth-order valence-electron chi connectivity index (χ4n) is 3.04. The summed E-state index contributed by atoms with van der Waals surface area (Å²) in [6, 6.07) is 19.0. The Bertz CT molecular complexity index is 973. The van der Waals surface area contributed by atoms with Gasteiger partial charge in [-0.05, 0) is 23.0 Å². The minimum Gasteiger partial charge on any atom is -0.306 e. The number of H-pyrrole nitrogens is 1. The van der Waals surface area contributed by atoms with Crippen LogP contribution < -0.4 is 5.56 Å². The molecule has 0 unspecified atom stereocenters. The Morgan fingerprint density at radius 2 is 1.59 bits per heavy atom. The monoisotopic (exact) mass is 360 g/mol. The maximum Gasteiger partial charge on any atom is 0.251 e. The van der Waals surface area contributed by atoms with Crippen LogP contribution in [0.25, 0.3) is 11.4 Å². The second kappa shape index (κ2) is 8.12. The van der Waals surface area contributed by atoms with Gasteiger partial charge in [0.15, 0.2) is 5.78 Å². The molecule has 1 aromatic heterocycles. The summed E-state index contributed by atoms with van der Waals surface area (Å²) in [6.07, 6.45) is 0.311. The van der Waals surface area contributed by atoms with Crippen molar-refractivity contribution >= 4 is 5.78 Å². The minimum absolute atomic E-state index is 0.0555. The maximum absolute atomic E-state index is 12.7. The number of benzene rings is 2. The highest BCUT2D eigenvalue weighted by atomic mass is 16.1. The Morgan fingerprint density at radius 3 is 2.22 bits per heavy atom. The summed E-state index contributed by atoms with van der Waals surface area (Å²) in [5, 5.41) is 0. The van der Waals surface area contributed by atoms with Crippen LogP contribution in [0, 0.1) is 0 Å². The van der Waals surface area contributed by atoms with E-state index in [1.54, 1.807) is 0 Å². The molecule has 3 rings (SSSR count). The van der Waals surface area contributed by atoms with Crippen LogP contribution in [0.1, 0.15) is 60.6 Å². The minimum atomic E-state index is -0.318. The molecule has 27 heavy (non-hydrogen) atoms. The highest BCUT2D eigenvalue weighted by molar-refractivity contribution is 5.95. The van der Waals surface area contributed by atoms with Crippen LogP contribution in [0.3, 0.4) is 0 Å². The molecule has 1 N–H and O–H groups in total. The van der Waals surface area contributed by atoms with Crippen LogP contribution in [0.5, 0.6) is 0 Å². The van der Waals surface area contributed by atoms with Gasteiger partial charge in [0.25, 0.3) is 5.56 Å². The van der Waals surface area contributed by atoms with Crippen LogP contribution in [-0.2, 0) is 0 Å². The van der Waals surface area contributed by atoms with Gasteiger partial charge in [0.2, 0.25) is 0 Å². The first-order valence-corrected chi connectivity index (χ1v) is 9.24. The SMILES string of the molecule is CC(C)c1ccc([C@@H](C)CC(=O)c2cc(=O)[nH]c(-c3ccccc3)n2)cc1. The lowest BCUT2D eigenvalue weighted by Gasteiger charge is -2.13. The molecule has 0 aliphatic carbocycles. The fourth-order valence-corrected chi connectivity index (χ4v) is 3.04. The van der Waals surface area contributed by atoms with Gasteiger partial charge in [-0.25, -0.2) is 4.98 Å². The maximum atomic E-state index is 12.7. The Hall–Kier alpha value is -3.01. The number of carbonyl (C=O) groups is 1. The first kappa shape index (κ1) is 18.8. The summed E-state index contributed by atoms with van der Waals surface area (Å²) in [5.41, 5.74) is 3.06. The molecule has 0 aliphatic heterocycles. The molecular weight excluding hydrogens is 336 g/mol. The van der Waals surface area contributed by atoms with E-state index < -0.39 is 0 Å². The average Bonchev–Trinajstić information content (AvgIpc) is 2.68. The van der Waals surface area contributed by atoms with E-state index in [-0.39, 0.29) is 23.0 Å². The van der Waals surface area contributed by atoms with Crippen LogP contribution >= 0.6 is 0 Å². The number of hydrogen-bond acceptors (Lipinski definition) is 3. The van der Waals surface area contributed by atoms with Crippen LogP contribution in [0.4, 0.5) is 0 Å². The molecule has 0 bridgehead atoms. The van der Waals surface area contributed by atoms with Crippen LogP contribution in [0.15, 0.2) is 65.5 Å². The third-order valence-electron chi connectivity index (χ3n) is 4.74. The number of carbonyl (C=O) groups excluding carboxylic acids is 1. The predicted molar refractivity (Wildman–Crippen MR) is 108 cm³/mol. The van der Waals surface area contributed by atoms with Gasteiger partial charge in [-0.1, -0.05) is 75.4 Å². The van der Waals surface area contributed by atoms with Crippen molar-refractivity contribution in [1.82, 2.24) is 9.97 Å². The van der Waals surface area contributed by atoms with E-state index in [1.165, 1.54) is 11.6 Å². The van der Waals surface area contributed by atoms with E-state index >= 15 is 0 Å². The van der Waals surface area contributed by atoms with Crippen molar-refractivity contribution in [3.8, 4) is 11.4 Å². The predicted octanol–water partition coefficient (Wildman–Crippen LogP) is 4.94. The molecule has 1 heterocycles. The normalized spacial score (nSPS) is 12.1. The first-order valence-electron chi connectivity index (χ1n) is 9.24. The largest absolute Gasteiger partial charge is 0.306 e. The molecule has 0 fully saturated rings. The van der Waals surface area contributed by atoms with Crippen molar-refractivity contribution in [2.24, 2.45) is 0 Å². The first-order chi connectivity index (χ1) is 12.9. The molecule has 2 aromatic carbocycles. The van der Waals surface area contributed by atoms with Gasteiger partial charge >= 0.3 is 0 Å². The second-order valence-electron chi connectivity index (χ2n) is 7.19. The number of aromatic amines is 1. The highest BCUT2D eigenvalue weighted by Gasteiger charge is 2.16. The van der Waals surface area contributed by atoms with E-state index in [4.69, 9.17) is 0 Å². The standard InChI is InChI=1S/C23H24N2O2/c1-15(2)17-9-11-18(12-10-17)16(3)13-21(26)20-14-22(27)25-23(24-20)19-7-5-4-6-8-19/h4-12,14-16H,13H2,1-3H3,(H,24,25,27)/t16-/m0/s1. The molecular formula is C23H24N2O2. The van der Waals surface area contributed by atoms with Crippen molar-refractivity contribution in [2.45, 2.75) is 39.0 Å². The van der Waals surface area contributed by atoms with Gasteiger partial charge in [0, 0.05) is 18.1 Å². The third-order valence-corrected chi connectivity index (χ3v) is 4.74. The molecule has 0 saturated carbocycles. The van der Waals surface area contributed by atoms with E-state index in [1.807, 2.05) is 37.3 Å². The summed E-state index contributed by atoms with van der Waals surface area (Å²) >= 11 is 0. The number of nitrogens with zero attached hydrogens (tertiary/aromatic N) is 1. The van der Waals surface area contributed by atoms with Crippen molar-refractivity contribution in [3.05, 3.63) is 87.8 Å². The fraction of sp³-hybridized carbons (Fsp3) is 0.261. The molecule has 4 nitrogen and oxygen atoms in total. The summed E-state index contributed by atoms with van der Waals surface area (Å²) in [5.74, 6) is 0.826. The van der Waals surface area contributed by atoms with Crippen molar-refractivity contribution in [2.75, 3.05) is 0 Å². The summed E-state index contributed by atoms with van der Waals surface area (Å²) in [6.45, 7) is 6.34. The van der Waals surface area contributed by atoms with E-state index in [0.717, 1.165) is 11.1 Å². The number of nitrogens with one attached hydrogen (secondary N) is 1. The van der Waals surface area contributed by atoms with E-state index in [2.05, 4.69) is 48.1 Å². The number of rotatable bonds is 6. The lowest BCUT2D eigenvalue weighted by Crippen LogP contribution is -2.15. The molecule has 0 amide bonds. The molecule has 4 heteroatoms. The quantitative estimate of drug-likeness (QED) is 0.634. The van der Waals surface area contributed by atoms with Gasteiger partial charge in [0.1, 0.15) is 11.5 Å². The van der Waals surface area contributed by atoms with Crippen molar-refractivity contribution in [1.29, 1.82) is 0 Å². The number of aromatic nitrogens is 2. The Morgan fingerprint density at radius 1 is 0.963 bits per heavy atom. The van der Waals surface area contributed by atoms with Gasteiger partial charge in [0.05, 0.1) is 0 Å². The number of ketones is 1. The number of hydrogen-bond donors (Lipinski definition) is 1. The molecule has 138 valence electrons. The second-order valence-corrected chi connectivity index (χ2v) is 7.19. The molecule has 1 atom stereocenters. The zero-order valence-electron chi connectivity index (χ0n) is 15.9. The summed E-state index contributed by atoms with van der Waals surface area (Å²) < 4.78 is 0. The molecule has 0 saturated heterocycles. The molecule has 0 spiro atoms. The van der Waals surface area contributed by atoms with Crippen molar-refractivity contribution < 1.29 is 4.79 Å². The lowest BCUT2D eigenvalue weighted by atomic mass is 9.92. The van der Waals surface area contributed by atoms with Gasteiger partial charge in [-0.3, -0.25) is 9.59 Å².